The number of alkyl halides is 3. The van der Waals surface area contributed by atoms with Gasteiger partial charge in [0.1, 0.15) is 11.8 Å². The molecule has 1 atom stereocenters. The van der Waals surface area contributed by atoms with E-state index in [1.807, 2.05) is 0 Å². The molecular formula is C17H16F3N3O3. The van der Waals surface area contributed by atoms with E-state index < -0.39 is 29.6 Å². The molecule has 1 aliphatic carbocycles. The van der Waals surface area contributed by atoms with E-state index in [0.717, 1.165) is 35.4 Å². The first-order valence-corrected chi connectivity index (χ1v) is 7.99. The Labute approximate surface area is 146 Å². The number of amides is 1. The van der Waals surface area contributed by atoms with Gasteiger partial charge in [0, 0.05) is 17.7 Å². The lowest BCUT2D eigenvalue weighted by molar-refractivity contribution is -0.274. The number of hydrogen-bond acceptors (Lipinski definition) is 4. The molecule has 0 bridgehead atoms. The topological polar surface area (TPSA) is 73.2 Å². The monoisotopic (exact) mass is 367 g/mol. The van der Waals surface area contributed by atoms with Crippen molar-refractivity contribution in [3.05, 3.63) is 52.4 Å². The number of anilines is 1. The SMILES string of the molecule is CC(C(=O)Nc1ccc(OC(F)(F)F)cc1)n1nc(C2CC2)ccc1=O. The van der Waals surface area contributed by atoms with Gasteiger partial charge in [-0.25, -0.2) is 4.68 Å². The molecule has 1 fully saturated rings. The molecule has 0 aliphatic heterocycles. The van der Waals surface area contributed by atoms with Crippen LogP contribution in [-0.4, -0.2) is 22.1 Å². The van der Waals surface area contributed by atoms with Crippen molar-refractivity contribution in [1.29, 1.82) is 0 Å². The zero-order valence-electron chi connectivity index (χ0n) is 13.8. The van der Waals surface area contributed by atoms with Crippen molar-refractivity contribution in [3.63, 3.8) is 0 Å². The van der Waals surface area contributed by atoms with Gasteiger partial charge in [-0.1, -0.05) is 0 Å². The van der Waals surface area contributed by atoms with Crippen molar-refractivity contribution in [2.45, 2.75) is 38.1 Å². The van der Waals surface area contributed by atoms with E-state index in [2.05, 4.69) is 15.2 Å². The van der Waals surface area contributed by atoms with Crippen LogP contribution in [0.25, 0.3) is 0 Å². The number of rotatable bonds is 5. The van der Waals surface area contributed by atoms with Crippen LogP contribution in [0.15, 0.2) is 41.2 Å². The van der Waals surface area contributed by atoms with Crippen LogP contribution in [0.2, 0.25) is 0 Å². The van der Waals surface area contributed by atoms with Gasteiger partial charge in [0.25, 0.3) is 5.56 Å². The summed E-state index contributed by atoms with van der Waals surface area (Å²) in [4.78, 5) is 24.3. The van der Waals surface area contributed by atoms with E-state index in [-0.39, 0.29) is 5.69 Å². The lowest BCUT2D eigenvalue weighted by Crippen LogP contribution is -2.33. The van der Waals surface area contributed by atoms with Crippen LogP contribution in [0, 0.1) is 0 Å². The second kappa shape index (κ2) is 6.81. The van der Waals surface area contributed by atoms with Gasteiger partial charge < -0.3 is 10.1 Å². The standard InChI is InChI=1S/C17H16F3N3O3/c1-10(23-15(24)9-8-14(22-23)11-2-3-11)16(25)21-12-4-6-13(7-5-12)26-17(18,19)20/h4-11H,2-3H2,1H3,(H,21,25). The summed E-state index contributed by atoms with van der Waals surface area (Å²) < 4.78 is 41.3. The Morgan fingerprint density at radius 1 is 1.23 bits per heavy atom. The van der Waals surface area contributed by atoms with Gasteiger partial charge in [-0.2, -0.15) is 5.10 Å². The van der Waals surface area contributed by atoms with E-state index in [0.29, 0.717) is 5.92 Å². The van der Waals surface area contributed by atoms with E-state index in [1.165, 1.54) is 25.1 Å². The second-order valence-electron chi connectivity index (χ2n) is 6.05. The summed E-state index contributed by atoms with van der Waals surface area (Å²) in [6, 6.07) is 6.92. The van der Waals surface area contributed by atoms with Gasteiger partial charge in [0.15, 0.2) is 0 Å². The van der Waals surface area contributed by atoms with E-state index in [1.54, 1.807) is 6.07 Å². The lowest BCUT2D eigenvalue weighted by Gasteiger charge is -2.15. The predicted octanol–water partition coefficient (Wildman–Crippen LogP) is 3.22. The average Bonchev–Trinajstić information content (AvgIpc) is 3.40. The predicted molar refractivity (Wildman–Crippen MR) is 86.9 cm³/mol. The molecule has 3 rings (SSSR count). The van der Waals surface area contributed by atoms with Crippen LogP contribution in [0.4, 0.5) is 18.9 Å². The van der Waals surface area contributed by atoms with Crippen LogP contribution in [-0.2, 0) is 4.79 Å². The van der Waals surface area contributed by atoms with Crippen LogP contribution < -0.4 is 15.6 Å². The second-order valence-corrected chi connectivity index (χ2v) is 6.05. The Hall–Kier alpha value is -2.84. The molecule has 138 valence electrons. The van der Waals surface area contributed by atoms with Gasteiger partial charge in [0.2, 0.25) is 5.91 Å². The van der Waals surface area contributed by atoms with Crippen LogP contribution in [0.5, 0.6) is 5.75 Å². The summed E-state index contributed by atoms with van der Waals surface area (Å²) in [6.45, 7) is 1.53. The Balaban J connectivity index is 1.69. The first-order chi connectivity index (χ1) is 12.2. The summed E-state index contributed by atoms with van der Waals surface area (Å²) in [5, 5.41) is 6.80. The minimum Gasteiger partial charge on any atom is -0.406 e. The molecule has 1 aromatic carbocycles. The van der Waals surface area contributed by atoms with Crippen molar-refractivity contribution in [1.82, 2.24) is 9.78 Å². The molecule has 2 aromatic rings. The number of nitrogens with one attached hydrogen (secondary N) is 1. The van der Waals surface area contributed by atoms with Gasteiger partial charge in [0.05, 0.1) is 5.69 Å². The Bertz CT molecular complexity index is 858. The van der Waals surface area contributed by atoms with Crippen LogP contribution in [0.3, 0.4) is 0 Å². The van der Waals surface area contributed by atoms with Gasteiger partial charge in [-0.05, 0) is 50.1 Å². The Morgan fingerprint density at radius 3 is 2.46 bits per heavy atom. The molecule has 0 saturated heterocycles. The normalized spacial score (nSPS) is 15.4. The largest absolute Gasteiger partial charge is 0.573 e. The van der Waals surface area contributed by atoms with Gasteiger partial charge in [-0.3, -0.25) is 9.59 Å². The fraction of sp³-hybridized carbons (Fsp3) is 0.353. The smallest absolute Gasteiger partial charge is 0.406 e. The molecular weight excluding hydrogens is 351 g/mol. The highest BCUT2D eigenvalue weighted by molar-refractivity contribution is 5.93. The van der Waals surface area contributed by atoms with Crippen molar-refractivity contribution in [2.24, 2.45) is 0 Å². The molecule has 0 spiro atoms. The summed E-state index contributed by atoms with van der Waals surface area (Å²) in [7, 11) is 0. The van der Waals surface area contributed by atoms with E-state index in [9.17, 15) is 22.8 Å². The summed E-state index contributed by atoms with van der Waals surface area (Å²) in [5.41, 5.74) is 0.659. The Kier molecular flexibility index (Phi) is 4.71. The molecule has 26 heavy (non-hydrogen) atoms. The molecule has 0 radical (unpaired) electrons. The highest BCUT2D eigenvalue weighted by Crippen LogP contribution is 2.38. The first kappa shape index (κ1) is 18.0. The molecule has 1 heterocycles. The summed E-state index contributed by atoms with van der Waals surface area (Å²) in [6.07, 6.45) is -2.76. The van der Waals surface area contributed by atoms with Crippen LogP contribution in [0.1, 0.15) is 37.4 Å². The fourth-order valence-corrected chi connectivity index (χ4v) is 2.41. The van der Waals surface area contributed by atoms with Crippen LogP contribution >= 0.6 is 0 Å². The average molecular weight is 367 g/mol. The number of aromatic nitrogens is 2. The van der Waals surface area contributed by atoms with Crippen molar-refractivity contribution in [3.8, 4) is 5.75 Å². The van der Waals surface area contributed by atoms with Crippen molar-refractivity contribution in [2.75, 3.05) is 5.32 Å². The maximum absolute atomic E-state index is 12.4. The van der Waals surface area contributed by atoms with Crippen molar-refractivity contribution < 1.29 is 22.7 Å². The highest BCUT2D eigenvalue weighted by Gasteiger charge is 2.31. The zero-order chi connectivity index (χ0) is 18.9. The maximum atomic E-state index is 12.4. The molecule has 1 aromatic heterocycles. The molecule has 1 aliphatic rings. The molecule has 1 N–H and O–H groups in total. The van der Waals surface area contributed by atoms with E-state index >= 15 is 0 Å². The number of halogens is 3. The lowest BCUT2D eigenvalue weighted by atomic mass is 10.2. The number of ether oxygens (including phenoxy) is 1. The number of benzene rings is 1. The number of carbonyl (C=O) groups is 1. The Morgan fingerprint density at radius 2 is 1.88 bits per heavy atom. The number of carbonyl (C=O) groups excluding carboxylic acids is 1. The molecule has 1 unspecified atom stereocenters. The maximum Gasteiger partial charge on any atom is 0.573 e. The quantitative estimate of drug-likeness (QED) is 0.881. The third kappa shape index (κ3) is 4.41. The summed E-state index contributed by atoms with van der Waals surface area (Å²) in [5.74, 6) is -0.561. The summed E-state index contributed by atoms with van der Waals surface area (Å²) >= 11 is 0. The molecule has 6 nitrogen and oxygen atoms in total. The van der Waals surface area contributed by atoms with Gasteiger partial charge >= 0.3 is 6.36 Å². The van der Waals surface area contributed by atoms with E-state index in [4.69, 9.17) is 0 Å². The third-order valence-corrected chi connectivity index (χ3v) is 3.94. The zero-order valence-corrected chi connectivity index (χ0v) is 13.8. The van der Waals surface area contributed by atoms with Crippen molar-refractivity contribution >= 4 is 11.6 Å². The molecule has 9 heteroatoms. The highest BCUT2D eigenvalue weighted by atomic mass is 19.4. The minimum absolute atomic E-state index is 0.280. The van der Waals surface area contributed by atoms with Gasteiger partial charge in [-0.15, -0.1) is 13.2 Å². The number of hydrogen-bond donors (Lipinski definition) is 1. The molecule has 1 amide bonds. The molecule has 1 saturated carbocycles. The first-order valence-electron chi connectivity index (χ1n) is 7.99. The third-order valence-electron chi connectivity index (χ3n) is 3.94. The fourth-order valence-electron chi connectivity index (χ4n) is 2.41. The minimum atomic E-state index is -4.78. The number of nitrogens with zero attached hydrogens (tertiary/aromatic N) is 2.